The van der Waals surface area contributed by atoms with Gasteiger partial charge in [0.15, 0.2) is 5.13 Å². The maximum absolute atomic E-state index is 12.9. The van der Waals surface area contributed by atoms with Crippen LogP contribution in [0.15, 0.2) is 41.8 Å². The number of nitrogens with two attached hydrogens (primary N) is 1. The summed E-state index contributed by atoms with van der Waals surface area (Å²) in [6.45, 7) is 0. The Bertz CT molecular complexity index is 670. The molecule has 0 radical (unpaired) electrons. The maximum Gasteiger partial charge on any atom is 0.180 e. The Morgan fingerprint density at radius 3 is 2.39 bits per heavy atom. The number of halogens is 1. The predicted octanol–water partition coefficient (Wildman–Crippen LogP) is 4.26. The summed E-state index contributed by atoms with van der Waals surface area (Å²) in [5, 5.41) is 2.51. The molecule has 3 aromatic rings. The molecule has 0 saturated carbocycles. The van der Waals surface area contributed by atoms with Gasteiger partial charge in [-0.2, -0.15) is 0 Å². The molecule has 0 atom stereocenters. The molecule has 0 amide bonds. The highest BCUT2D eigenvalue weighted by Crippen LogP contribution is 2.35. The van der Waals surface area contributed by atoms with Crippen LogP contribution in [0.5, 0.6) is 0 Å². The van der Waals surface area contributed by atoms with E-state index in [0.29, 0.717) is 5.13 Å². The van der Waals surface area contributed by atoms with Crippen LogP contribution in [0, 0.1) is 5.82 Å². The smallest absolute Gasteiger partial charge is 0.180 e. The molecule has 5 heteroatoms. The zero-order valence-corrected chi connectivity index (χ0v) is 10.9. The van der Waals surface area contributed by atoms with Crippen LogP contribution in [0.4, 0.5) is 9.52 Å². The third-order valence-corrected chi connectivity index (χ3v) is 4.34. The number of nitrogen functional groups attached to an aromatic ring is 1. The molecule has 0 saturated heterocycles. The van der Waals surface area contributed by atoms with Gasteiger partial charge in [-0.25, -0.2) is 9.37 Å². The first kappa shape index (κ1) is 11.4. The lowest BCUT2D eigenvalue weighted by Gasteiger charge is -1.96. The molecule has 2 heterocycles. The van der Waals surface area contributed by atoms with Gasteiger partial charge in [0, 0.05) is 10.3 Å². The number of rotatable bonds is 2. The number of thiophene rings is 1. The average molecular weight is 276 g/mol. The number of aromatic nitrogens is 1. The van der Waals surface area contributed by atoms with Crippen molar-refractivity contribution in [3.05, 3.63) is 47.6 Å². The minimum Gasteiger partial charge on any atom is -0.375 e. The minimum atomic E-state index is -0.220. The van der Waals surface area contributed by atoms with E-state index in [-0.39, 0.29) is 5.82 Å². The summed E-state index contributed by atoms with van der Waals surface area (Å²) < 4.78 is 12.9. The van der Waals surface area contributed by atoms with Gasteiger partial charge in [0.1, 0.15) is 5.82 Å². The molecule has 2 nitrogen and oxygen atoms in total. The molecule has 0 bridgehead atoms. The molecule has 0 aliphatic carbocycles. The van der Waals surface area contributed by atoms with Gasteiger partial charge in [-0.05, 0) is 29.8 Å². The van der Waals surface area contributed by atoms with E-state index in [0.717, 1.165) is 21.0 Å². The van der Waals surface area contributed by atoms with E-state index in [4.69, 9.17) is 5.73 Å². The van der Waals surface area contributed by atoms with Crippen LogP contribution >= 0.6 is 22.7 Å². The normalized spacial score (nSPS) is 10.7. The molecular formula is C13H9FN2S2. The van der Waals surface area contributed by atoms with E-state index in [1.165, 1.54) is 23.5 Å². The number of hydrogen-bond acceptors (Lipinski definition) is 4. The molecular weight excluding hydrogens is 267 g/mol. The number of hydrogen-bond donors (Lipinski definition) is 1. The van der Waals surface area contributed by atoms with Crippen molar-refractivity contribution in [2.24, 2.45) is 0 Å². The summed E-state index contributed by atoms with van der Waals surface area (Å²) in [6, 6.07) is 10.5. The van der Waals surface area contributed by atoms with Gasteiger partial charge < -0.3 is 5.73 Å². The van der Waals surface area contributed by atoms with Gasteiger partial charge >= 0.3 is 0 Å². The van der Waals surface area contributed by atoms with Crippen molar-refractivity contribution >= 4 is 27.8 Å². The Morgan fingerprint density at radius 1 is 1.00 bits per heavy atom. The SMILES string of the molecule is Nc1nc(-c2ccc(-c3ccc(F)cc3)s2)cs1. The zero-order valence-electron chi connectivity index (χ0n) is 9.26. The second kappa shape index (κ2) is 4.51. The first-order chi connectivity index (χ1) is 8.72. The lowest BCUT2D eigenvalue weighted by molar-refractivity contribution is 0.628. The van der Waals surface area contributed by atoms with Crippen LogP contribution in [-0.2, 0) is 0 Å². The predicted molar refractivity (Wildman–Crippen MR) is 75.2 cm³/mol. The fraction of sp³-hybridized carbons (Fsp3) is 0. The van der Waals surface area contributed by atoms with Crippen molar-refractivity contribution in [2.75, 3.05) is 5.73 Å². The molecule has 3 rings (SSSR count). The van der Waals surface area contributed by atoms with Crippen LogP contribution in [0.3, 0.4) is 0 Å². The Labute approximate surface area is 112 Å². The van der Waals surface area contributed by atoms with Crippen LogP contribution in [0.25, 0.3) is 21.0 Å². The molecule has 0 unspecified atom stereocenters. The molecule has 2 N–H and O–H groups in total. The van der Waals surface area contributed by atoms with E-state index in [9.17, 15) is 4.39 Å². The summed E-state index contributed by atoms with van der Waals surface area (Å²) in [7, 11) is 0. The van der Waals surface area contributed by atoms with Crippen LogP contribution in [0.2, 0.25) is 0 Å². The van der Waals surface area contributed by atoms with Crippen molar-refractivity contribution in [1.29, 1.82) is 0 Å². The third-order valence-electron chi connectivity index (χ3n) is 2.51. The van der Waals surface area contributed by atoms with Crippen molar-refractivity contribution in [3.8, 4) is 21.0 Å². The Hall–Kier alpha value is -1.72. The summed E-state index contributed by atoms with van der Waals surface area (Å²) in [4.78, 5) is 6.41. The monoisotopic (exact) mass is 276 g/mol. The van der Waals surface area contributed by atoms with Crippen LogP contribution in [0.1, 0.15) is 0 Å². The van der Waals surface area contributed by atoms with Gasteiger partial charge in [0.25, 0.3) is 0 Å². The highest BCUT2D eigenvalue weighted by atomic mass is 32.1. The lowest BCUT2D eigenvalue weighted by atomic mass is 10.2. The molecule has 0 spiro atoms. The van der Waals surface area contributed by atoms with Crippen LogP contribution < -0.4 is 5.73 Å². The van der Waals surface area contributed by atoms with Crippen LogP contribution in [-0.4, -0.2) is 4.98 Å². The zero-order chi connectivity index (χ0) is 12.5. The first-order valence-corrected chi connectivity index (χ1v) is 6.99. The molecule has 1 aromatic carbocycles. The Balaban J connectivity index is 1.96. The van der Waals surface area contributed by atoms with Crippen molar-refractivity contribution in [3.63, 3.8) is 0 Å². The van der Waals surface area contributed by atoms with E-state index >= 15 is 0 Å². The Morgan fingerprint density at radius 2 is 1.72 bits per heavy atom. The van der Waals surface area contributed by atoms with Crippen molar-refractivity contribution in [1.82, 2.24) is 4.98 Å². The Kier molecular flexibility index (Phi) is 2.85. The van der Waals surface area contributed by atoms with E-state index in [1.54, 1.807) is 23.5 Å². The first-order valence-electron chi connectivity index (χ1n) is 5.29. The number of thiazole rings is 1. The maximum atomic E-state index is 12.9. The van der Waals surface area contributed by atoms with E-state index in [2.05, 4.69) is 4.98 Å². The summed E-state index contributed by atoms with van der Waals surface area (Å²) in [5.74, 6) is -0.220. The number of benzene rings is 1. The molecule has 0 fully saturated rings. The van der Waals surface area contributed by atoms with Gasteiger partial charge in [-0.3, -0.25) is 0 Å². The topological polar surface area (TPSA) is 38.9 Å². The number of anilines is 1. The fourth-order valence-corrected chi connectivity index (χ4v) is 3.26. The van der Waals surface area contributed by atoms with Crippen molar-refractivity contribution in [2.45, 2.75) is 0 Å². The van der Waals surface area contributed by atoms with E-state index < -0.39 is 0 Å². The van der Waals surface area contributed by atoms with Gasteiger partial charge in [0.2, 0.25) is 0 Å². The van der Waals surface area contributed by atoms with Gasteiger partial charge in [0.05, 0.1) is 10.6 Å². The van der Waals surface area contributed by atoms with Gasteiger partial charge in [-0.15, -0.1) is 22.7 Å². The highest BCUT2D eigenvalue weighted by Gasteiger charge is 2.07. The molecule has 90 valence electrons. The molecule has 0 aliphatic rings. The molecule has 0 aliphatic heterocycles. The minimum absolute atomic E-state index is 0.220. The molecule has 2 aromatic heterocycles. The third kappa shape index (κ3) is 2.14. The summed E-state index contributed by atoms with van der Waals surface area (Å²) >= 11 is 3.05. The largest absolute Gasteiger partial charge is 0.375 e. The quantitative estimate of drug-likeness (QED) is 0.759. The summed E-state index contributed by atoms with van der Waals surface area (Å²) in [6.07, 6.45) is 0. The fourth-order valence-electron chi connectivity index (χ4n) is 1.65. The van der Waals surface area contributed by atoms with E-state index in [1.807, 2.05) is 17.5 Å². The van der Waals surface area contributed by atoms with Gasteiger partial charge in [-0.1, -0.05) is 12.1 Å². The summed E-state index contributed by atoms with van der Waals surface area (Å²) in [5.41, 5.74) is 7.53. The highest BCUT2D eigenvalue weighted by molar-refractivity contribution is 7.19. The standard InChI is InChI=1S/C13H9FN2S2/c14-9-3-1-8(2-4-9)11-5-6-12(18-11)10-7-17-13(15)16-10/h1-7H,(H2,15,16). The molecule has 18 heavy (non-hydrogen) atoms. The average Bonchev–Trinajstić information content (AvgIpc) is 2.98. The van der Waals surface area contributed by atoms with Crippen molar-refractivity contribution < 1.29 is 4.39 Å². The lowest BCUT2D eigenvalue weighted by Crippen LogP contribution is -1.80. The second-order valence-corrected chi connectivity index (χ2v) is 5.72. The second-order valence-electron chi connectivity index (χ2n) is 3.74. The number of nitrogens with zero attached hydrogens (tertiary/aromatic N) is 1.